The van der Waals surface area contributed by atoms with Crippen LogP contribution in [0.1, 0.15) is 45.2 Å². The van der Waals surface area contributed by atoms with Crippen LogP contribution in [0.4, 0.5) is 0 Å². The summed E-state index contributed by atoms with van der Waals surface area (Å²) < 4.78 is 0. The van der Waals surface area contributed by atoms with Crippen molar-refractivity contribution in [1.82, 2.24) is 10.2 Å². The zero-order chi connectivity index (χ0) is 16.5. The predicted octanol–water partition coefficient (Wildman–Crippen LogP) is 2.44. The van der Waals surface area contributed by atoms with Crippen molar-refractivity contribution in [3.05, 3.63) is 35.9 Å². The van der Waals surface area contributed by atoms with E-state index in [1.165, 1.54) is 6.92 Å². The Hall–Kier alpha value is -1.88. The zero-order valence-electron chi connectivity index (χ0n) is 13.6. The van der Waals surface area contributed by atoms with Crippen molar-refractivity contribution in [3.63, 3.8) is 0 Å². The van der Waals surface area contributed by atoms with Crippen LogP contribution in [0, 0.1) is 0 Å². The molecule has 1 amide bonds. The molecule has 0 aliphatic heterocycles. The van der Waals surface area contributed by atoms with Gasteiger partial charge in [-0.15, -0.1) is 0 Å². The topological polar surface area (TPSA) is 69.6 Å². The van der Waals surface area contributed by atoms with Crippen LogP contribution >= 0.6 is 0 Å². The number of rotatable bonds is 9. The number of carbonyl (C=O) groups is 2. The lowest BCUT2D eigenvalue weighted by Crippen LogP contribution is -2.46. The average molecular weight is 306 g/mol. The van der Waals surface area contributed by atoms with Gasteiger partial charge in [-0.1, -0.05) is 50.6 Å². The summed E-state index contributed by atoms with van der Waals surface area (Å²) in [5, 5.41) is 11.6. The number of carboxylic acids is 1. The number of aliphatic carboxylic acids is 1. The average Bonchev–Trinajstić information content (AvgIpc) is 2.51. The first-order chi connectivity index (χ1) is 10.5. The molecule has 0 saturated carbocycles. The van der Waals surface area contributed by atoms with Gasteiger partial charge in [0.1, 0.15) is 12.1 Å². The fourth-order valence-corrected chi connectivity index (χ4v) is 2.35. The summed E-state index contributed by atoms with van der Waals surface area (Å²) in [4.78, 5) is 25.7. The Morgan fingerprint density at radius 1 is 1.23 bits per heavy atom. The predicted molar refractivity (Wildman–Crippen MR) is 86.6 cm³/mol. The monoisotopic (exact) mass is 306 g/mol. The number of nitrogens with zero attached hydrogens (tertiary/aromatic N) is 1. The Bertz CT molecular complexity index is 476. The van der Waals surface area contributed by atoms with Crippen molar-refractivity contribution < 1.29 is 14.7 Å². The number of likely N-dealkylation sites (N-methyl/N-ethyl adjacent to an activating group) is 1. The van der Waals surface area contributed by atoms with Gasteiger partial charge >= 0.3 is 5.97 Å². The third-order valence-electron chi connectivity index (χ3n) is 3.66. The Balaban J connectivity index is 3.00. The van der Waals surface area contributed by atoms with Gasteiger partial charge in [0.05, 0.1) is 0 Å². The molecule has 122 valence electrons. The molecule has 0 heterocycles. The van der Waals surface area contributed by atoms with Crippen molar-refractivity contribution in [2.24, 2.45) is 0 Å². The van der Waals surface area contributed by atoms with Crippen LogP contribution in [0.25, 0.3) is 0 Å². The van der Waals surface area contributed by atoms with E-state index in [0.717, 1.165) is 31.5 Å². The molecule has 0 aromatic heterocycles. The molecule has 0 radical (unpaired) electrons. The van der Waals surface area contributed by atoms with Gasteiger partial charge in [-0.3, -0.25) is 14.5 Å². The normalized spacial score (nSPS) is 13.6. The lowest BCUT2D eigenvalue weighted by molar-refractivity contribution is -0.142. The second-order valence-corrected chi connectivity index (χ2v) is 5.36. The summed E-state index contributed by atoms with van der Waals surface area (Å²) in [7, 11) is 0. The van der Waals surface area contributed by atoms with Gasteiger partial charge in [-0.05, 0) is 32.0 Å². The van der Waals surface area contributed by atoms with E-state index in [4.69, 9.17) is 5.11 Å². The summed E-state index contributed by atoms with van der Waals surface area (Å²) in [5.74, 6) is -1.30. The maximum atomic E-state index is 12.6. The van der Waals surface area contributed by atoms with E-state index in [2.05, 4.69) is 17.1 Å². The highest BCUT2D eigenvalue weighted by Gasteiger charge is 2.28. The molecule has 22 heavy (non-hydrogen) atoms. The number of carboxylic acid groups (broad SMARTS) is 1. The molecule has 0 spiro atoms. The fraction of sp³-hybridized carbons (Fsp3) is 0.529. The van der Waals surface area contributed by atoms with E-state index in [1.807, 2.05) is 37.3 Å². The number of amides is 1. The molecule has 2 atom stereocenters. The highest BCUT2D eigenvalue weighted by atomic mass is 16.4. The molecule has 5 heteroatoms. The van der Waals surface area contributed by atoms with E-state index in [0.29, 0.717) is 0 Å². The molecule has 1 rings (SSSR count). The van der Waals surface area contributed by atoms with E-state index < -0.39 is 18.1 Å². The number of unbranched alkanes of at least 4 members (excludes halogenated alkanes) is 1. The Morgan fingerprint density at radius 3 is 2.36 bits per heavy atom. The summed E-state index contributed by atoms with van der Waals surface area (Å²) in [5.41, 5.74) is 0.885. The van der Waals surface area contributed by atoms with Gasteiger partial charge in [0, 0.05) is 0 Å². The van der Waals surface area contributed by atoms with Crippen LogP contribution in [-0.4, -0.2) is 41.0 Å². The van der Waals surface area contributed by atoms with E-state index >= 15 is 0 Å². The molecule has 0 saturated heterocycles. The number of hydrogen-bond donors (Lipinski definition) is 2. The van der Waals surface area contributed by atoms with E-state index in [-0.39, 0.29) is 5.91 Å². The summed E-state index contributed by atoms with van der Waals surface area (Å²) in [6, 6.07) is 8.14. The summed E-state index contributed by atoms with van der Waals surface area (Å²) in [6.45, 7) is 7.14. The standard InChI is InChI=1S/C17H26N2O3/c1-4-6-12-19(5-2)15(14-10-8-7-9-11-14)16(20)18-13(3)17(21)22/h7-11,13,15H,4-6,12H2,1-3H3,(H,18,20)(H,21,22). The molecule has 0 bridgehead atoms. The molecule has 1 aromatic carbocycles. The van der Waals surface area contributed by atoms with Crippen LogP contribution in [0.2, 0.25) is 0 Å². The van der Waals surface area contributed by atoms with Crippen LogP contribution in [0.5, 0.6) is 0 Å². The van der Waals surface area contributed by atoms with Gasteiger partial charge in [0.2, 0.25) is 5.91 Å². The highest BCUT2D eigenvalue weighted by molar-refractivity contribution is 5.87. The quantitative estimate of drug-likeness (QED) is 0.735. The Labute approximate surface area is 132 Å². The van der Waals surface area contributed by atoms with Crippen LogP contribution in [0.3, 0.4) is 0 Å². The number of carbonyl (C=O) groups excluding carboxylic acids is 1. The molecule has 0 aliphatic rings. The summed E-state index contributed by atoms with van der Waals surface area (Å²) >= 11 is 0. The third-order valence-corrected chi connectivity index (χ3v) is 3.66. The molecule has 0 fully saturated rings. The Kier molecular flexibility index (Phi) is 7.60. The first-order valence-corrected chi connectivity index (χ1v) is 7.83. The number of hydrogen-bond acceptors (Lipinski definition) is 3. The molecule has 2 N–H and O–H groups in total. The molecular formula is C17H26N2O3. The lowest BCUT2D eigenvalue weighted by atomic mass is 10.0. The largest absolute Gasteiger partial charge is 0.480 e. The van der Waals surface area contributed by atoms with Gasteiger partial charge in [0.25, 0.3) is 0 Å². The molecular weight excluding hydrogens is 280 g/mol. The highest BCUT2D eigenvalue weighted by Crippen LogP contribution is 2.21. The second kappa shape index (κ2) is 9.20. The van der Waals surface area contributed by atoms with Crippen molar-refractivity contribution in [2.45, 2.75) is 45.7 Å². The van der Waals surface area contributed by atoms with Crippen LogP contribution < -0.4 is 5.32 Å². The second-order valence-electron chi connectivity index (χ2n) is 5.36. The SMILES string of the molecule is CCCCN(CC)C(C(=O)NC(C)C(=O)O)c1ccccc1. The maximum Gasteiger partial charge on any atom is 0.325 e. The number of benzene rings is 1. The molecule has 1 aromatic rings. The van der Waals surface area contributed by atoms with Gasteiger partial charge < -0.3 is 10.4 Å². The van der Waals surface area contributed by atoms with Gasteiger partial charge in [-0.2, -0.15) is 0 Å². The maximum absolute atomic E-state index is 12.6. The minimum atomic E-state index is -1.03. The van der Waals surface area contributed by atoms with Crippen molar-refractivity contribution in [2.75, 3.05) is 13.1 Å². The van der Waals surface area contributed by atoms with Gasteiger partial charge in [-0.25, -0.2) is 0 Å². The van der Waals surface area contributed by atoms with Crippen LogP contribution in [0.15, 0.2) is 30.3 Å². The van der Waals surface area contributed by atoms with Crippen LogP contribution in [-0.2, 0) is 9.59 Å². The van der Waals surface area contributed by atoms with Crippen molar-refractivity contribution in [3.8, 4) is 0 Å². The third kappa shape index (κ3) is 5.15. The first-order valence-electron chi connectivity index (χ1n) is 7.83. The zero-order valence-corrected chi connectivity index (χ0v) is 13.6. The van der Waals surface area contributed by atoms with Crippen molar-refractivity contribution >= 4 is 11.9 Å². The minimum Gasteiger partial charge on any atom is -0.480 e. The van der Waals surface area contributed by atoms with E-state index in [1.54, 1.807) is 0 Å². The first kappa shape index (κ1) is 18.2. The molecule has 5 nitrogen and oxygen atoms in total. The molecule has 0 aliphatic carbocycles. The number of nitrogens with one attached hydrogen (secondary N) is 1. The minimum absolute atomic E-state index is 0.265. The Morgan fingerprint density at radius 2 is 1.86 bits per heavy atom. The summed E-state index contributed by atoms with van der Waals surface area (Å²) in [6.07, 6.45) is 2.05. The van der Waals surface area contributed by atoms with Crippen molar-refractivity contribution in [1.29, 1.82) is 0 Å². The lowest BCUT2D eigenvalue weighted by Gasteiger charge is -2.30. The fourth-order valence-electron chi connectivity index (χ4n) is 2.35. The van der Waals surface area contributed by atoms with E-state index in [9.17, 15) is 9.59 Å². The molecule has 2 unspecified atom stereocenters. The van der Waals surface area contributed by atoms with Gasteiger partial charge in [0.15, 0.2) is 0 Å². The smallest absolute Gasteiger partial charge is 0.325 e.